The molecule has 0 saturated heterocycles. The number of amides is 2. The Morgan fingerprint density at radius 3 is 2.31 bits per heavy atom. The van der Waals surface area contributed by atoms with E-state index in [1.807, 2.05) is 13.8 Å². The van der Waals surface area contributed by atoms with E-state index in [-0.39, 0.29) is 17.4 Å². The van der Waals surface area contributed by atoms with Gasteiger partial charge in [0.05, 0.1) is 22.9 Å². The fraction of sp³-hybridized carbons (Fsp3) is 0.211. The molecule has 0 heterocycles. The number of ether oxygens (including phenoxy) is 2. The molecule has 3 N–H and O–H groups in total. The number of rotatable bonds is 7. The fourth-order valence-corrected chi connectivity index (χ4v) is 2.15. The van der Waals surface area contributed by atoms with Crippen LogP contribution in [0.5, 0.6) is 5.75 Å². The van der Waals surface area contributed by atoms with Crippen molar-refractivity contribution in [2.24, 2.45) is 5.73 Å². The standard InChI is InChI=1S/C19H20N2O5/c1-12(2)26-14-9-7-13(8-10-14)19(24)25-11-17(22)21-16-6-4-3-5-15(16)18(20)23/h3-10,12H,11H2,1-2H3,(H2,20,23)(H,21,22). The Kier molecular flexibility index (Phi) is 6.32. The molecule has 0 fully saturated rings. The molecule has 0 saturated carbocycles. The van der Waals surface area contributed by atoms with Crippen LogP contribution in [-0.4, -0.2) is 30.5 Å². The number of nitrogens with two attached hydrogens (primary N) is 1. The summed E-state index contributed by atoms with van der Waals surface area (Å²) in [4.78, 5) is 35.3. The van der Waals surface area contributed by atoms with E-state index in [0.717, 1.165) is 0 Å². The number of hydrogen-bond acceptors (Lipinski definition) is 5. The Bertz CT molecular complexity index is 800. The van der Waals surface area contributed by atoms with Gasteiger partial charge in [0.25, 0.3) is 11.8 Å². The SMILES string of the molecule is CC(C)Oc1ccc(C(=O)OCC(=O)Nc2ccccc2C(N)=O)cc1. The Morgan fingerprint density at radius 1 is 1.04 bits per heavy atom. The first-order valence-electron chi connectivity index (χ1n) is 7.99. The van der Waals surface area contributed by atoms with E-state index >= 15 is 0 Å². The normalized spacial score (nSPS) is 10.3. The van der Waals surface area contributed by atoms with Gasteiger partial charge in [-0.2, -0.15) is 0 Å². The summed E-state index contributed by atoms with van der Waals surface area (Å²) in [5.41, 5.74) is 5.98. The van der Waals surface area contributed by atoms with Gasteiger partial charge in [0.15, 0.2) is 6.61 Å². The van der Waals surface area contributed by atoms with Gasteiger partial charge in [-0.1, -0.05) is 12.1 Å². The second-order valence-corrected chi connectivity index (χ2v) is 5.73. The van der Waals surface area contributed by atoms with Crippen molar-refractivity contribution in [1.29, 1.82) is 0 Å². The van der Waals surface area contributed by atoms with Crippen molar-refractivity contribution in [3.8, 4) is 5.75 Å². The van der Waals surface area contributed by atoms with Crippen LogP contribution in [0.1, 0.15) is 34.6 Å². The molecule has 0 radical (unpaired) electrons. The summed E-state index contributed by atoms with van der Waals surface area (Å²) in [6, 6.07) is 12.7. The van der Waals surface area contributed by atoms with Crippen molar-refractivity contribution in [3.63, 3.8) is 0 Å². The van der Waals surface area contributed by atoms with Gasteiger partial charge in [-0.15, -0.1) is 0 Å². The minimum atomic E-state index is -0.665. The zero-order valence-corrected chi connectivity index (χ0v) is 14.5. The molecular formula is C19H20N2O5. The Labute approximate surface area is 151 Å². The van der Waals surface area contributed by atoms with Crippen LogP contribution in [0.4, 0.5) is 5.69 Å². The van der Waals surface area contributed by atoms with Gasteiger partial charge in [-0.25, -0.2) is 4.79 Å². The summed E-state index contributed by atoms with van der Waals surface area (Å²) in [7, 11) is 0. The summed E-state index contributed by atoms with van der Waals surface area (Å²) in [5.74, 6) is -1.25. The van der Waals surface area contributed by atoms with Crippen molar-refractivity contribution < 1.29 is 23.9 Å². The van der Waals surface area contributed by atoms with Crippen LogP contribution in [-0.2, 0) is 9.53 Å². The van der Waals surface area contributed by atoms with Crippen LogP contribution in [0.15, 0.2) is 48.5 Å². The van der Waals surface area contributed by atoms with Gasteiger partial charge < -0.3 is 20.5 Å². The second-order valence-electron chi connectivity index (χ2n) is 5.73. The van der Waals surface area contributed by atoms with Crippen molar-refractivity contribution >= 4 is 23.5 Å². The predicted molar refractivity (Wildman–Crippen MR) is 96.1 cm³/mol. The molecule has 0 spiro atoms. The number of carbonyl (C=O) groups is 3. The molecule has 0 unspecified atom stereocenters. The molecule has 26 heavy (non-hydrogen) atoms. The molecule has 0 aliphatic carbocycles. The molecule has 2 aromatic carbocycles. The maximum absolute atomic E-state index is 12.0. The van der Waals surface area contributed by atoms with E-state index in [2.05, 4.69) is 5.32 Å². The van der Waals surface area contributed by atoms with Crippen LogP contribution in [0.25, 0.3) is 0 Å². The number of benzene rings is 2. The van der Waals surface area contributed by atoms with Gasteiger partial charge >= 0.3 is 5.97 Å². The first-order chi connectivity index (χ1) is 12.4. The van der Waals surface area contributed by atoms with Crippen molar-refractivity contribution in [3.05, 3.63) is 59.7 Å². The van der Waals surface area contributed by atoms with Gasteiger partial charge in [-0.3, -0.25) is 9.59 Å². The summed E-state index contributed by atoms with van der Waals surface area (Å²) in [6.07, 6.45) is 0.0276. The molecule has 0 aliphatic rings. The van der Waals surface area contributed by atoms with Crippen LogP contribution in [0.3, 0.4) is 0 Å². The van der Waals surface area contributed by atoms with Crippen molar-refractivity contribution in [1.82, 2.24) is 0 Å². The lowest BCUT2D eigenvalue weighted by atomic mass is 10.1. The van der Waals surface area contributed by atoms with E-state index in [0.29, 0.717) is 11.3 Å². The number of carbonyl (C=O) groups excluding carboxylic acids is 3. The average Bonchev–Trinajstić information content (AvgIpc) is 2.60. The van der Waals surface area contributed by atoms with E-state index in [1.54, 1.807) is 36.4 Å². The Morgan fingerprint density at radius 2 is 1.69 bits per heavy atom. The first-order valence-corrected chi connectivity index (χ1v) is 7.99. The number of esters is 1. The van der Waals surface area contributed by atoms with Gasteiger partial charge in [0, 0.05) is 0 Å². The average molecular weight is 356 g/mol. The summed E-state index contributed by atoms with van der Waals surface area (Å²) < 4.78 is 10.5. The highest BCUT2D eigenvalue weighted by Crippen LogP contribution is 2.15. The number of nitrogens with one attached hydrogen (secondary N) is 1. The summed E-state index contributed by atoms with van der Waals surface area (Å²) in [5, 5.41) is 2.49. The number of anilines is 1. The van der Waals surface area contributed by atoms with Crippen LogP contribution in [0, 0.1) is 0 Å². The minimum absolute atomic E-state index is 0.0276. The number of hydrogen-bond donors (Lipinski definition) is 2. The van der Waals surface area contributed by atoms with E-state index in [1.165, 1.54) is 12.1 Å². The third-order valence-corrected chi connectivity index (χ3v) is 3.26. The molecule has 0 aliphatic heterocycles. The second kappa shape index (κ2) is 8.66. The first kappa shape index (κ1) is 19.0. The fourth-order valence-electron chi connectivity index (χ4n) is 2.15. The maximum Gasteiger partial charge on any atom is 0.338 e. The third kappa shape index (κ3) is 5.34. The topological polar surface area (TPSA) is 108 Å². The van der Waals surface area contributed by atoms with E-state index in [4.69, 9.17) is 15.2 Å². The molecule has 2 aromatic rings. The largest absolute Gasteiger partial charge is 0.491 e. The molecular weight excluding hydrogens is 336 g/mol. The van der Waals surface area contributed by atoms with Gasteiger partial charge in [0.1, 0.15) is 5.75 Å². The molecule has 7 nitrogen and oxygen atoms in total. The Hall–Kier alpha value is -3.35. The molecule has 0 aromatic heterocycles. The van der Waals surface area contributed by atoms with Crippen LogP contribution in [0.2, 0.25) is 0 Å². The van der Waals surface area contributed by atoms with Gasteiger partial charge in [-0.05, 0) is 50.2 Å². The predicted octanol–water partition coefficient (Wildman–Crippen LogP) is 2.37. The zero-order valence-electron chi connectivity index (χ0n) is 14.5. The summed E-state index contributed by atoms with van der Waals surface area (Å²) in [6.45, 7) is 3.31. The maximum atomic E-state index is 12.0. The molecule has 2 rings (SSSR count). The lowest BCUT2D eigenvalue weighted by molar-refractivity contribution is -0.119. The van der Waals surface area contributed by atoms with E-state index in [9.17, 15) is 14.4 Å². The lowest BCUT2D eigenvalue weighted by Gasteiger charge is -2.11. The minimum Gasteiger partial charge on any atom is -0.491 e. The Balaban J connectivity index is 1.91. The molecule has 2 amide bonds. The van der Waals surface area contributed by atoms with Gasteiger partial charge in [0.2, 0.25) is 0 Å². The molecule has 136 valence electrons. The number of para-hydroxylation sites is 1. The third-order valence-electron chi connectivity index (χ3n) is 3.26. The van der Waals surface area contributed by atoms with E-state index < -0.39 is 24.4 Å². The molecule has 0 atom stereocenters. The summed E-state index contributed by atoms with van der Waals surface area (Å²) >= 11 is 0. The van der Waals surface area contributed by atoms with Crippen molar-refractivity contribution in [2.75, 3.05) is 11.9 Å². The highest BCUT2D eigenvalue weighted by atomic mass is 16.5. The highest BCUT2D eigenvalue weighted by Gasteiger charge is 2.13. The van der Waals surface area contributed by atoms with Crippen molar-refractivity contribution in [2.45, 2.75) is 20.0 Å². The quantitative estimate of drug-likeness (QED) is 0.741. The zero-order chi connectivity index (χ0) is 19.1. The highest BCUT2D eigenvalue weighted by molar-refractivity contribution is 6.03. The molecule has 0 bridgehead atoms. The smallest absolute Gasteiger partial charge is 0.338 e. The van der Waals surface area contributed by atoms with Crippen LogP contribution < -0.4 is 15.8 Å². The number of primary amides is 1. The lowest BCUT2D eigenvalue weighted by Crippen LogP contribution is -2.23. The molecule has 7 heteroatoms. The van der Waals surface area contributed by atoms with Crippen LogP contribution >= 0.6 is 0 Å². The monoisotopic (exact) mass is 356 g/mol.